The Morgan fingerprint density at radius 2 is 1.94 bits per heavy atom. The smallest absolute Gasteiger partial charge is 0.312 e. The fraction of sp³-hybridized carbons (Fsp3) is 0.929. The Morgan fingerprint density at radius 3 is 2.59 bits per heavy atom. The molecule has 0 aromatic carbocycles. The fourth-order valence-corrected chi connectivity index (χ4v) is 2.53. The Kier molecular flexibility index (Phi) is 5.44. The summed E-state index contributed by atoms with van der Waals surface area (Å²) in [7, 11) is 1.46. The molecule has 3 heteroatoms. The summed E-state index contributed by atoms with van der Waals surface area (Å²) in [4.78, 5) is 11.6. The van der Waals surface area contributed by atoms with Gasteiger partial charge in [-0.25, -0.2) is 0 Å². The molecule has 100 valence electrons. The Labute approximate surface area is 105 Å². The molecule has 1 fully saturated rings. The van der Waals surface area contributed by atoms with E-state index in [4.69, 9.17) is 4.74 Å². The molecular weight excluding hydrogens is 214 g/mol. The Balaban J connectivity index is 2.45. The second kappa shape index (κ2) is 6.39. The van der Waals surface area contributed by atoms with Crippen molar-refractivity contribution in [3.8, 4) is 0 Å². The normalized spacial score (nSPS) is 26.4. The van der Waals surface area contributed by atoms with Crippen molar-refractivity contribution in [1.82, 2.24) is 5.32 Å². The van der Waals surface area contributed by atoms with E-state index in [-0.39, 0.29) is 5.97 Å². The number of nitrogens with one attached hydrogen (secondary N) is 1. The second-order valence-electron chi connectivity index (χ2n) is 5.98. The van der Waals surface area contributed by atoms with Gasteiger partial charge in [0.05, 0.1) is 12.5 Å². The van der Waals surface area contributed by atoms with E-state index in [9.17, 15) is 4.79 Å². The highest BCUT2D eigenvalue weighted by molar-refractivity contribution is 5.76. The molecule has 0 aromatic rings. The molecule has 0 bridgehead atoms. The van der Waals surface area contributed by atoms with E-state index in [2.05, 4.69) is 12.2 Å². The number of hydrogen-bond donors (Lipinski definition) is 1. The molecule has 2 unspecified atom stereocenters. The van der Waals surface area contributed by atoms with E-state index in [1.165, 1.54) is 39.2 Å². The van der Waals surface area contributed by atoms with Gasteiger partial charge in [0.15, 0.2) is 0 Å². The first kappa shape index (κ1) is 14.5. The van der Waals surface area contributed by atoms with Crippen molar-refractivity contribution in [3.63, 3.8) is 0 Å². The van der Waals surface area contributed by atoms with Crippen LogP contribution < -0.4 is 5.32 Å². The summed E-state index contributed by atoms with van der Waals surface area (Å²) in [5.74, 6) is 0.581. The number of hydrogen-bond acceptors (Lipinski definition) is 3. The van der Waals surface area contributed by atoms with Crippen LogP contribution in [-0.4, -0.2) is 25.7 Å². The summed E-state index contributed by atoms with van der Waals surface area (Å²) in [5, 5.41) is 3.57. The van der Waals surface area contributed by atoms with Gasteiger partial charge in [-0.1, -0.05) is 26.2 Å². The van der Waals surface area contributed by atoms with Crippen LogP contribution in [0.25, 0.3) is 0 Å². The van der Waals surface area contributed by atoms with Crippen LogP contribution >= 0.6 is 0 Å². The average Bonchev–Trinajstić information content (AvgIpc) is 2.50. The molecule has 1 N–H and O–H groups in total. The standard InChI is InChI=1S/C14H27NO2/c1-11-8-6-5-7-9-12(11)15-10-14(2,3)13(16)17-4/h11-12,15H,5-10H2,1-4H3. The molecule has 17 heavy (non-hydrogen) atoms. The Bertz CT molecular complexity index is 251. The second-order valence-corrected chi connectivity index (χ2v) is 5.98. The highest BCUT2D eigenvalue weighted by atomic mass is 16.5. The summed E-state index contributed by atoms with van der Waals surface area (Å²) in [6, 6.07) is 0.557. The van der Waals surface area contributed by atoms with Crippen molar-refractivity contribution in [2.75, 3.05) is 13.7 Å². The van der Waals surface area contributed by atoms with Crippen LogP contribution in [-0.2, 0) is 9.53 Å². The molecule has 0 amide bonds. The summed E-state index contributed by atoms with van der Waals surface area (Å²) in [6.45, 7) is 6.89. The van der Waals surface area contributed by atoms with E-state index in [0.717, 1.165) is 0 Å². The predicted molar refractivity (Wildman–Crippen MR) is 69.8 cm³/mol. The van der Waals surface area contributed by atoms with Crippen LogP contribution in [0, 0.1) is 11.3 Å². The quantitative estimate of drug-likeness (QED) is 0.607. The first-order chi connectivity index (χ1) is 7.97. The molecule has 1 aliphatic rings. The van der Waals surface area contributed by atoms with Crippen LogP contribution in [0.5, 0.6) is 0 Å². The Hall–Kier alpha value is -0.570. The predicted octanol–water partition coefficient (Wildman–Crippen LogP) is 2.74. The SMILES string of the molecule is COC(=O)C(C)(C)CNC1CCCCCC1C. The summed E-state index contributed by atoms with van der Waals surface area (Å²) >= 11 is 0. The maximum Gasteiger partial charge on any atom is 0.312 e. The third-order valence-electron chi connectivity index (χ3n) is 3.91. The van der Waals surface area contributed by atoms with Gasteiger partial charge in [0.2, 0.25) is 0 Å². The van der Waals surface area contributed by atoms with E-state index < -0.39 is 5.41 Å². The van der Waals surface area contributed by atoms with Gasteiger partial charge in [-0.2, -0.15) is 0 Å². The van der Waals surface area contributed by atoms with Crippen molar-refractivity contribution in [1.29, 1.82) is 0 Å². The lowest BCUT2D eigenvalue weighted by atomic mass is 9.91. The molecule has 0 saturated heterocycles. The number of methoxy groups -OCH3 is 1. The van der Waals surface area contributed by atoms with Crippen LogP contribution in [0.4, 0.5) is 0 Å². The monoisotopic (exact) mass is 241 g/mol. The number of esters is 1. The van der Waals surface area contributed by atoms with Crippen molar-refractivity contribution in [3.05, 3.63) is 0 Å². The van der Waals surface area contributed by atoms with Crippen molar-refractivity contribution >= 4 is 5.97 Å². The topological polar surface area (TPSA) is 38.3 Å². The Morgan fingerprint density at radius 1 is 1.29 bits per heavy atom. The minimum Gasteiger partial charge on any atom is -0.469 e. The van der Waals surface area contributed by atoms with Crippen LogP contribution in [0.1, 0.15) is 52.9 Å². The zero-order valence-electron chi connectivity index (χ0n) is 11.7. The average molecular weight is 241 g/mol. The molecule has 1 saturated carbocycles. The largest absolute Gasteiger partial charge is 0.469 e. The van der Waals surface area contributed by atoms with Gasteiger partial charge in [-0.05, 0) is 32.6 Å². The molecule has 2 atom stereocenters. The lowest BCUT2D eigenvalue weighted by Gasteiger charge is -2.28. The molecule has 1 aliphatic carbocycles. The third-order valence-corrected chi connectivity index (χ3v) is 3.91. The number of rotatable bonds is 4. The zero-order valence-corrected chi connectivity index (χ0v) is 11.7. The molecule has 3 nitrogen and oxygen atoms in total. The molecule has 0 aliphatic heterocycles. The first-order valence-electron chi connectivity index (χ1n) is 6.79. The van der Waals surface area contributed by atoms with E-state index in [1.807, 2.05) is 13.8 Å². The van der Waals surface area contributed by atoms with Gasteiger partial charge < -0.3 is 10.1 Å². The molecule has 1 rings (SSSR count). The number of carbonyl (C=O) groups is 1. The van der Waals surface area contributed by atoms with Crippen LogP contribution in [0.15, 0.2) is 0 Å². The summed E-state index contributed by atoms with van der Waals surface area (Å²) in [6.07, 6.45) is 6.54. The van der Waals surface area contributed by atoms with Gasteiger partial charge in [0.25, 0.3) is 0 Å². The van der Waals surface area contributed by atoms with Crippen molar-refractivity contribution < 1.29 is 9.53 Å². The van der Waals surface area contributed by atoms with Gasteiger partial charge in [0.1, 0.15) is 0 Å². The van der Waals surface area contributed by atoms with Gasteiger partial charge in [-0.15, -0.1) is 0 Å². The minimum atomic E-state index is -0.430. The molecular formula is C14H27NO2. The summed E-state index contributed by atoms with van der Waals surface area (Å²) in [5.41, 5.74) is -0.430. The fourth-order valence-electron chi connectivity index (χ4n) is 2.53. The summed E-state index contributed by atoms with van der Waals surface area (Å²) < 4.78 is 4.83. The number of ether oxygens (including phenoxy) is 1. The van der Waals surface area contributed by atoms with E-state index >= 15 is 0 Å². The van der Waals surface area contributed by atoms with E-state index in [1.54, 1.807) is 0 Å². The van der Waals surface area contributed by atoms with E-state index in [0.29, 0.717) is 18.5 Å². The number of carbonyl (C=O) groups excluding carboxylic acids is 1. The van der Waals surface area contributed by atoms with Gasteiger partial charge >= 0.3 is 5.97 Å². The van der Waals surface area contributed by atoms with Crippen molar-refractivity contribution in [2.45, 2.75) is 58.9 Å². The molecule has 0 heterocycles. The lowest BCUT2D eigenvalue weighted by Crippen LogP contribution is -2.43. The zero-order chi connectivity index (χ0) is 12.9. The lowest BCUT2D eigenvalue weighted by molar-refractivity contribution is -0.150. The highest BCUT2D eigenvalue weighted by Gasteiger charge is 2.30. The molecule has 0 radical (unpaired) electrons. The third kappa shape index (κ3) is 4.30. The van der Waals surface area contributed by atoms with Crippen molar-refractivity contribution in [2.24, 2.45) is 11.3 Å². The van der Waals surface area contributed by atoms with Gasteiger partial charge in [0, 0.05) is 12.6 Å². The maximum absolute atomic E-state index is 11.6. The van der Waals surface area contributed by atoms with Crippen LogP contribution in [0.2, 0.25) is 0 Å². The van der Waals surface area contributed by atoms with Crippen LogP contribution in [0.3, 0.4) is 0 Å². The highest BCUT2D eigenvalue weighted by Crippen LogP contribution is 2.24. The maximum atomic E-state index is 11.6. The molecule has 0 spiro atoms. The first-order valence-corrected chi connectivity index (χ1v) is 6.79. The van der Waals surface area contributed by atoms with Gasteiger partial charge in [-0.3, -0.25) is 4.79 Å². The minimum absolute atomic E-state index is 0.133. The molecule has 0 aromatic heterocycles.